The molecule has 1 aromatic carbocycles. The number of hydrogen-bond acceptors (Lipinski definition) is 4. The SMILES string of the molecule is CC1(C)OB(c2cccc(CN(O)C(=O)O)c2)OC1(C)C. The summed E-state index contributed by atoms with van der Waals surface area (Å²) in [5, 5.41) is 18.2. The van der Waals surface area contributed by atoms with Gasteiger partial charge < -0.3 is 14.4 Å². The number of carboxylic acid groups (broad SMARTS) is 1. The molecule has 1 aliphatic rings. The molecule has 1 heterocycles. The minimum atomic E-state index is -1.39. The van der Waals surface area contributed by atoms with Gasteiger partial charge in [0, 0.05) is 0 Å². The number of carbonyl (C=O) groups is 1. The van der Waals surface area contributed by atoms with Crippen molar-refractivity contribution in [2.24, 2.45) is 0 Å². The molecule has 0 bridgehead atoms. The molecule has 114 valence electrons. The third-order valence-corrected chi connectivity index (χ3v) is 4.03. The lowest BCUT2D eigenvalue weighted by Gasteiger charge is -2.32. The van der Waals surface area contributed by atoms with Crippen molar-refractivity contribution in [2.45, 2.75) is 45.4 Å². The van der Waals surface area contributed by atoms with E-state index in [2.05, 4.69) is 0 Å². The van der Waals surface area contributed by atoms with Crippen LogP contribution in [0.1, 0.15) is 33.3 Å². The van der Waals surface area contributed by atoms with E-state index >= 15 is 0 Å². The molecule has 1 saturated heterocycles. The molecule has 0 saturated carbocycles. The highest BCUT2D eigenvalue weighted by molar-refractivity contribution is 6.62. The highest BCUT2D eigenvalue weighted by Crippen LogP contribution is 2.36. The fourth-order valence-electron chi connectivity index (χ4n) is 2.06. The Morgan fingerprint density at radius 1 is 1.24 bits per heavy atom. The van der Waals surface area contributed by atoms with Crippen LogP contribution in [-0.2, 0) is 15.9 Å². The first-order valence-corrected chi connectivity index (χ1v) is 6.76. The van der Waals surface area contributed by atoms with Gasteiger partial charge in [-0.3, -0.25) is 5.21 Å². The monoisotopic (exact) mass is 293 g/mol. The summed E-state index contributed by atoms with van der Waals surface area (Å²) in [5.74, 6) is 0. The largest absolute Gasteiger partial charge is 0.494 e. The summed E-state index contributed by atoms with van der Waals surface area (Å²) >= 11 is 0. The third-order valence-electron chi connectivity index (χ3n) is 4.03. The second-order valence-electron chi connectivity index (χ2n) is 6.17. The topological polar surface area (TPSA) is 79.2 Å². The van der Waals surface area contributed by atoms with E-state index in [9.17, 15) is 10.0 Å². The highest BCUT2D eigenvalue weighted by Gasteiger charge is 2.51. The second kappa shape index (κ2) is 5.33. The number of nitrogens with zero attached hydrogens (tertiary/aromatic N) is 1. The lowest BCUT2D eigenvalue weighted by atomic mass is 9.78. The van der Waals surface area contributed by atoms with Crippen molar-refractivity contribution in [2.75, 3.05) is 0 Å². The van der Waals surface area contributed by atoms with Gasteiger partial charge in [0.2, 0.25) is 0 Å². The van der Waals surface area contributed by atoms with Crippen LogP contribution >= 0.6 is 0 Å². The van der Waals surface area contributed by atoms with Gasteiger partial charge in [0.1, 0.15) is 0 Å². The molecule has 1 fully saturated rings. The summed E-state index contributed by atoms with van der Waals surface area (Å²) in [7, 11) is -0.507. The van der Waals surface area contributed by atoms with E-state index in [4.69, 9.17) is 14.4 Å². The van der Waals surface area contributed by atoms with Crippen LogP contribution < -0.4 is 5.46 Å². The molecular weight excluding hydrogens is 273 g/mol. The molecule has 1 amide bonds. The summed E-state index contributed by atoms with van der Waals surface area (Å²) in [6.45, 7) is 7.77. The molecule has 0 unspecified atom stereocenters. The molecule has 0 aromatic heterocycles. The smallest absolute Gasteiger partial charge is 0.463 e. The van der Waals surface area contributed by atoms with Gasteiger partial charge in [-0.05, 0) is 38.7 Å². The van der Waals surface area contributed by atoms with E-state index in [1.54, 1.807) is 18.2 Å². The van der Waals surface area contributed by atoms with Crippen LogP contribution in [-0.4, -0.2) is 39.8 Å². The maximum absolute atomic E-state index is 10.6. The maximum Gasteiger partial charge on any atom is 0.494 e. The average molecular weight is 293 g/mol. The van der Waals surface area contributed by atoms with Crippen molar-refractivity contribution >= 4 is 18.7 Å². The lowest BCUT2D eigenvalue weighted by molar-refractivity contribution is -0.0709. The summed E-state index contributed by atoms with van der Waals surface area (Å²) in [4.78, 5) is 10.6. The van der Waals surface area contributed by atoms with E-state index in [1.807, 2.05) is 33.8 Å². The van der Waals surface area contributed by atoms with Crippen molar-refractivity contribution in [1.29, 1.82) is 0 Å². The van der Waals surface area contributed by atoms with Crippen LogP contribution in [0.4, 0.5) is 4.79 Å². The molecule has 0 atom stereocenters. The Balaban J connectivity index is 2.17. The molecule has 2 N–H and O–H groups in total. The van der Waals surface area contributed by atoms with Gasteiger partial charge in [0.15, 0.2) is 0 Å². The minimum Gasteiger partial charge on any atom is -0.463 e. The molecule has 0 spiro atoms. The predicted octanol–water partition coefficient (Wildman–Crippen LogP) is 1.86. The van der Waals surface area contributed by atoms with Crippen molar-refractivity contribution in [1.82, 2.24) is 5.06 Å². The van der Waals surface area contributed by atoms with Crippen molar-refractivity contribution in [3.05, 3.63) is 29.8 Å². The van der Waals surface area contributed by atoms with Crippen LogP contribution in [0.3, 0.4) is 0 Å². The van der Waals surface area contributed by atoms with Gasteiger partial charge >= 0.3 is 13.2 Å². The third kappa shape index (κ3) is 3.20. The van der Waals surface area contributed by atoms with Gasteiger partial charge in [-0.2, -0.15) is 5.06 Å². The molecule has 0 aliphatic carbocycles. The van der Waals surface area contributed by atoms with E-state index in [0.717, 1.165) is 5.46 Å². The number of hydroxylamine groups is 2. The first kappa shape index (κ1) is 15.8. The maximum atomic E-state index is 10.6. The van der Waals surface area contributed by atoms with Gasteiger partial charge in [-0.25, -0.2) is 4.79 Å². The Bertz CT molecular complexity index is 530. The van der Waals surface area contributed by atoms with E-state index in [1.165, 1.54) is 0 Å². The second-order valence-corrected chi connectivity index (χ2v) is 6.17. The molecule has 1 aliphatic heterocycles. The summed E-state index contributed by atoms with van der Waals surface area (Å²) in [6, 6.07) is 7.15. The Labute approximate surface area is 124 Å². The van der Waals surface area contributed by atoms with Crippen molar-refractivity contribution in [3.8, 4) is 0 Å². The van der Waals surface area contributed by atoms with E-state index in [0.29, 0.717) is 5.56 Å². The Hall–Kier alpha value is -1.57. The minimum absolute atomic E-state index is 0.108. The van der Waals surface area contributed by atoms with Gasteiger partial charge in [-0.15, -0.1) is 0 Å². The predicted molar refractivity (Wildman–Crippen MR) is 77.5 cm³/mol. The number of hydrogen-bond donors (Lipinski definition) is 2. The van der Waals surface area contributed by atoms with Crippen LogP contribution in [0.5, 0.6) is 0 Å². The van der Waals surface area contributed by atoms with Gasteiger partial charge in [0.25, 0.3) is 0 Å². The normalized spacial score (nSPS) is 19.6. The Morgan fingerprint density at radius 2 is 1.81 bits per heavy atom. The van der Waals surface area contributed by atoms with Crippen LogP contribution in [0, 0.1) is 0 Å². The molecule has 1 aromatic rings. The first-order valence-electron chi connectivity index (χ1n) is 6.76. The summed E-state index contributed by atoms with van der Waals surface area (Å²) in [5.41, 5.74) is 0.590. The fraction of sp³-hybridized carbons (Fsp3) is 0.500. The molecular formula is C14H20BNO5. The van der Waals surface area contributed by atoms with E-state index < -0.39 is 24.4 Å². The van der Waals surface area contributed by atoms with Crippen molar-refractivity contribution in [3.63, 3.8) is 0 Å². The molecule has 2 rings (SSSR count). The fourth-order valence-corrected chi connectivity index (χ4v) is 2.06. The standard InChI is InChI=1S/C14H20BNO5/c1-13(2)14(3,4)21-15(20-13)11-7-5-6-10(8-11)9-16(19)12(17)18/h5-8,19H,9H2,1-4H3,(H,17,18). The van der Waals surface area contributed by atoms with Crippen molar-refractivity contribution < 1.29 is 24.4 Å². The zero-order chi connectivity index (χ0) is 15.8. The van der Waals surface area contributed by atoms with E-state index in [-0.39, 0.29) is 11.6 Å². The highest BCUT2D eigenvalue weighted by atomic mass is 16.7. The quantitative estimate of drug-likeness (QED) is 0.505. The molecule has 0 radical (unpaired) electrons. The zero-order valence-electron chi connectivity index (χ0n) is 12.7. The Morgan fingerprint density at radius 3 is 2.33 bits per heavy atom. The molecule has 7 heteroatoms. The number of benzene rings is 1. The van der Waals surface area contributed by atoms with Crippen LogP contribution in [0.2, 0.25) is 0 Å². The summed E-state index contributed by atoms with van der Waals surface area (Å²) in [6.07, 6.45) is -1.39. The Kier molecular flexibility index (Phi) is 4.01. The number of amides is 1. The molecule has 21 heavy (non-hydrogen) atoms. The van der Waals surface area contributed by atoms with Gasteiger partial charge in [-0.1, -0.05) is 24.3 Å². The molecule has 6 nitrogen and oxygen atoms in total. The number of rotatable bonds is 3. The summed E-state index contributed by atoms with van der Waals surface area (Å²) < 4.78 is 11.9. The van der Waals surface area contributed by atoms with Crippen LogP contribution in [0.15, 0.2) is 24.3 Å². The first-order chi connectivity index (χ1) is 9.62. The van der Waals surface area contributed by atoms with Gasteiger partial charge in [0.05, 0.1) is 17.7 Å². The lowest BCUT2D eigenvalue weighted by Crippen LogP contribution is -2.41. The zero-order valence-corrected chi connectivity index (χ0v) is 12.7. The average Bonchev–Trinajstić information content (AvgIpc) is 2.58. The van der Waals surface area contributed by atoms with Crippen LogP contribution in [0.25, 0.3) is 0 Å².